The van der Waals surface area contributed by atoms with E-state index < -0.39 is 0 Å². The van der Waals surface area contributed by atoms with Crippen molar-refractivity contribution < 1.29 is 9.53 Å². The van der Waals surface area contributed by atoms with Crippen LogP contribution in [0.2, 0.25) is 0 Å². The maximum absolute atomic E-state index is 12.5. The second-order valence-corrected chi connectivity index (χ2v) is 5.73. The third-order valence-corrected chi connectivity index (χ3v) is 4.15. The van der Waals surface area contributed by atoms with Crippen molar-refractivity contribution in [2.24, 2.45) is 0 Å². The van der Waals surface area contributed by atoms with Crippen molar-refractivity contribution in [1.29, 1.82) is 0 Å². The lowest BCUT2D eigenvalue weighted by atomic mass is 10.1. The molecule has 2 aromatic rings. The van der Waals surface area contributed by atoms with Gasteiger partial charge < -0.3 is 15.4 Å². The average Bonchev–Trinajstić information content (AvgIpc) is 2.63. The molecule has 6 nitrogen and oxygen atoms in total. The summed E-state index contributed by atoms with van der Waals surface area (Å²) in [6.07, 6.45) is 3.63. The minimum Gasteiger partial charge on any atom is -0.495 e. The molecule has 7 heteroatoms. The number of para-hydroxylation sites is 2. The van der Waals surface area contributed by atoms with Crippen LogP contribution in [0.15, 0.2) is 48.8 Å². The molecule has 0 spiro atoms. The summed E-state index contributed by atoms with van der Waals surface area (Å²) in [5.41, 5.74) is 1.81. The predicted molar refractivity (Wildman–Crippen MR) is 100 cm³/mol. The highest BCUT2D eigenvalue weighted by molar-refractivity contribution is 5.93. The maximum Gasteiger partial charge on any atom is 0.238 e. The Kier molecular flexibility index (Phi) is 7.18. The monoisotopic (exact) mass is 362 g/mol. The lowest BCUT2D eigenvalue weighted by molar-refractivity contribution is -0.118. The highest BCUT2D eigenvalue weighted by Gasteiger charge is 2.25. The number of hydrogen-bond acceptors (Lipinski definition) is 5. The molecule has 1 unspecified atom stereocenters. The predicted octanol–water partition coefficient (Wildman–Crippen LogP) is 2.10. The van der Waals surface area contributed by atoms with Gasteiger partial charge >= 0.3 is 0 Å². The maximum atomic E-state index is 12.5. The van der Waals surface area contributed by atoms with Crippen molar-refractivity contribution in [2.75, 3.05) is 38.6 Å². The fourth-order valence-electron chi connectivity index (χ4n) is 2.96. The molecule has 1 aliphatic heterocycles. The lowest BCUT2D eigenvalue weighted by Crippen LogP contribution is -2.48. The zero-order chi connectivity index (χ0) is 16.8. The van der Waals surface area contributed by atoms with Crippen LogP contribution < -0.4 is 15.4 Å². The van der Waals surface area contributed by atoms with Gasteiger partial charge in [-0.15, -0.1) is 12.4 Å². The molecule has 0 bridgehead atoms. The molecule has 0 saturated carbocycles. The van der Waals surface area contributed by atoms with Gasteiger partial charge in [-0.2, -0.15) is 0 Å². The lowest BCUT2D eigenvalue weighted by Gasteiger charge is -2.35. The number of nitrogens with zero attached hydrogens (tertiary/aromatic N) is 2. The van der Waals surface area contributed by atoms with E-state index in [-0.39, 0.29) is 24.4 Å². The molecular weight excluding hydrogens is 340 g/mol. The number of anilines is 1. The SMILES string of the molecule is COc1ccccc1NC(=O)CN1CCNCC1c1cccnc1.Cl. The van der Waals surface area contributed by atoms with Crippen LogP contribution in [0, 0.1) is 0 Å². The number of hydrogen-bond donors (Lipinski definition) is 2. The standard InChI is InChI=1S/C18H22N4O2.ClH/c1-24-17-7-3-2-6-15(17)21-18(23)13-22-10-9-20-12-16(22)14-5-4-8-19-11-14;/h2-8,11,16,20H,9-10,12-13H2,1H3,(H,21,23);1H. The third kappa shape index (κ3) is 4.92. The summed E-state index contributed by atoms with van der Waals surface area (Å²) < 4.78 is 5.28. The number of carbonyl (C=O) groups excluding carboxylic acids is 1. The van der Waals surface area contributed by atoms with Gasteiger partial charge in [-0.3, -0.25) is 14.7 Å². The summed E-state index contributed by atoms with van der Waals surface area (Å²) in [6, 6.07) is 11.6. The van der Waals surface area contributed by atoms with Gasteiger partial charge in [-0.25, -0.2) is 0 Å². The van der Waals surface area contributed by atoms with Crippen molar-refractivity contribution in [3.63, 3.8) is 0 Å². The molecule has 3 rings (SSSR count). The Labute approximate surface area is 154 Å². The van der Waals surface area contributed by atoms with Crippen molar-refractivity contribution in [1.82, 2.24) is 15.2 Å². The summed E-state index contributed by atoms with van der Waals surface area (Å²) in [6.45, 7) is 2.84. The average molecular weight is 363 g/mol. The number of halogens is 1. The fraction of sp³-hybridized carbons (Fsp3) is 0.333. The molecule has 1 amide bonds. The zero-order valence-electron chi connectivity index (χ0n) is 14.1. The largest absolute Gasteiger partial charge is 0.495 e. The van der Waals surface area contributed by atoms with E-state index in [9.17, 15) is 4.79 Å². The highest BCUT2D eigenvalue weighted by Crippen LogP contribution is 2.24. The van der Waals surface area contributed by atoms with Crippen LogP contribution >= 0.6 is 12.4 Å². The molecule has 1 aromatic carbocycles. The number of nitrogens with one attached hydrogen (secondary N) is 2. The van der Waals surface area contributed by atoms with E-state index >= 15 is 0 Å². The van der Waals surface area contributed by atoms with Crippen molar-refractivity contribution in [3.8, 4) is 5.75 Å². The summed E-state index contributed by atoms with van der Waals surface area (Å²) in [7, 11) is 1.60. The Morgan fingerprint density at radius 2 is 2.20 bits per heavy atom. The van der Waals surface area contributed by atoms with Gasteiger partial charge in [-0.05, 0) is 23.8 Å². The molecule has 1 aliphatic rings. The van der Waals surface area contributed by atoms with E-state index in [0.717, 1.165) is 25.2 Å². The van der Waals surface area contributed by atoms with Gasteiger partial charge in [0.15, 0.2) is 0 Å². The highest BCUT2D eigenvalue weighted by atomic mass is 35.5. The van der Waals surface area contributed by atoms with Crippen LogP contribution in [0.3, 0.4) is 0 Å². The summed E-state index contributed by atoms with van der Waals surface area (Å²) in [5, 5.41) is 6.32. The van der Waals surface area contributed by atoms with Crippen LogP contribution in [0.5, 0.6) is 5.75 Å². The van der Waals surface area contributed by atoms with Gasteiger partial charge in [-0.1, -0.05) is 18.2 Å². The van der Waals surface area contributed by atoms with Gasteiger partial charge in [0.25, 0.3) is 0 Å². The summed E-state index contributed by atoms with van der Waals surface area (Å²) in [5.74, 6) is 0.616. The molecule has 0 radical (unpaired) electrons. The van der Waals surface area contributed by atoms with E-state index in [1.165, 1.54) is 0 Å². The Balaban J connectivity index is 0.00000225. The number of rotatable bonds is 5. The number of ether oxygens (including phenoxy) is 1. The van der Waals surface area contributed by atoms with E-state index in [4.69, 9.17) is 4.74 Å². The Hall–Kier alpha value is -2.15. The van der Waals surface area contributed by atoms with E-state index in [0.29, 0.717) is 18.0 Å². The molecule has 2 N–H and O–H groups in total. The van der Waals surface area contributed by atoms with Gasteiger partial charge in [0.2, 0.25) is 5.91 Å². The molecular formula is C18H23ClN4O2. The first-order chi connectivity index (χ1) is 11.8. The number of amides is 1. The number of pyridine rings is 1. The van der Waals surface area contributed by atoms with Crippen LogP contribution in [-0.4, -0.2) is 49.1 Å². The van der Waals surface area contributed by atoms with Gasteiger partial charge in [0.05, 0.1) is 19.3 Å². The Morgan fingerprint density at radius 3 is 2.96 bits per heavy atom. The van der Waals surface area contributed by atoms with Crippen molar-refractivity contribution in [3.05, 3.63) is 54.4 Å². The molecule has 2 heterocycles. The Morgan fingerprint density at radius 1 is 1.36 bits per heavy atom. The third-order valence-electron chi connectivity index (χ3n) is 4.15. The number of methoxy groups -OCH3 is 1. The van der Waals surface area contributed by atoms with Crippen LogP contribution in [-0.2, 0) is 4.79 Å². The van der Waals surface area contributed by atoms with E-state index in [1.807, 2.05) is 36.5 Å². The molecule has 1 fully saturated rings. The first-order valence-electron chi connectivity index (χ1n) is 8.05. The first kappa shape index (κ1) is 19.2. The second kappa shape index (κ2) is 9.36. The van der Waals surface area contributed by atoms with E-state index in [2.05, 4.69) is 26.6 Å². The molecule has 1 aromatic heterocycles. The Bertz CT molecular complexity index is 684. The zero-order valence-corrected chi connectivity index (χ0v) is 15.0. The van der Waals surface area contributed by atoms with Gasteiger partial charge in [0.1, 0.15) is 5.75 Å². The van der Waals surface area contributed by atoms with Gasteiger partial charge in [0, 0.05) is 38.1 Å². The summed E-state index contributed by atoms with van der Waals surface area (Å²) in [4.78, 5) is 18.9. The van der Waals surface area contributed by atoms with Crippen molar-refractivity contribution >= 4 is 24.0 Å². The van der Waals surface area contributed by atoms with E-state index in [1.54, 1.807) is 13.3 Å². The normalized spacial score (nSPS) is 17.4. The number of carbonyl (C=O) groups is 1. The molecule has 1 atom stereocenters. The minimum absolute atomic E-state index is 0. The van der Waals surface area contributed by atoms with Crippen LogP contribution in [0.1, 0.15) is 11.6 Å². The smallest absolute Gasteiger partial charge is 0.238 e. The molecule has 25 heavy (non-hydrogen) atoms. The number of piperazine rings is 1. The van der Waals surface area contributed by atoms with Crippen LogP contribution in [0.4, 0.5) is 5.69 Å². The molecule has 134 valence electrons. The summed E-state index contributed by atoms with van der Waals surface area (Å²) >= 11 is 0. The first-order valence-corrected chi connectivity index (χ1v) is 8.05. The van der Waals surface area contributed by atoms with Crippen molar-refractivity contribution in [2.45, 2.75) is 6.04 Å². The molecule has 1 saturated heterocycles. The van der Waals surface area contributed by atoms with Crippen LogP contribution in [0.25, 0.3) is 0 Å². The fourth-order valence-corrected chi connectivity index (χ4v) is 2.96. The number of aromatic nitrogens is 1. The second-order valence-electron chi connectivity index (χ2n) is 5.73. The quantitative estimate of drug-likeness (QED) is 0.852. The molecule has 0 aliphatic carbocycles. The number of benzene rings is 1. The minimum atomic E-state index is -0.0460. The topological polar surface area (TPSA) is 66.5 Å².